The zero-order valence-electron chi connectivity index (χ0n) is 28.8. The van der Waals surface area contributed by atoms with Crippen molar-refractivity contribution >= 4 is 23.7 Å². The summed E-state index contributed by atoms with van der Waals surface area (Å²) in [6.45, 7) is 5.28. The molecule has 0 fully saturated rings. The number of nitrogens with two attached hydrogens (primary N) is 1. The van der Waals surface area contributed by atoms with Gasteiger partial charge in [-0.3, -0.25) is 9.59 Å². The molecule has 0 aromatic heterocycles. The molecule has 0 aliphatic rings. The first-order chi connectivity index (χ1) is 21.1. The summed E-state index contributed by atoms with van der Waals surface area (Å²) in [5, 5.41) is 0. The van der Waals surface area contributed by atoms with Gasteiger partial charge in [-0.05, 0) is 12.8 Å². The molecule has 0 heterocycles. The second-order valence-corrected chi connectivity index (χ2v) is 13.8. The molecule has 0 rings (SSSR count). The van der Waals surface area contributed by atoms with Gasteiger partial charge in [-0.25, -0.2) is 0 Å². The average molecular weight is 628 g/mol. The predicted molar refractivity (Wildman–Crippen MR) is 188 cm³/mol. The number of esters is 2. The molecular weight excluding hydrogens is 554 g/mol. The third-order valence-corrected chi connectivity index (χ3v) is 9.40. The number of ether oxygens (including phenoxy) is 2. The summed E-state index contributed by atoms with van der Waals surface area (Å²) >= 11 is 1.65. The third kappa shape index (κ3) is 34.0. The van der Waals surface area contributed by atoms with Crippen molar-refractivity contribution in [2.75, 3.05) is 24.7 Å². The van der Waals surface area contributed by atoms with Crippen LogP contribution in [-0.2, 0) is 19.1 Å². The van der Waals surface area contributed by atoms with Crippen molar-refractivity contribution in [1.29, 1.82) is 0 Å². The third-order valence-electron chi connectivity index (χ3n) is 8.26. The van der Waals surface area contributed by atoms with E-state index in [1.165, 1.54) is 141 Å². The van der Waals surface area contributed by atoms with Crippen LogP contribution in [0.2, 0.25) is 0 Å². The minimum atomic E-state index is -0.387. The maximum absolute atomic E-state index is 12.4. The SMILES string of the molecule is CCCCCCCCCCCCCCCC(=O)OC[C@@H](CSCCN)OC(=O)CCCCCCCCCCCCCCC. The van der Waals surface area contributed by atoms with E-state index in [0.717, 1.165) is 31.4 Å². The normalized spacial score (nSPS) is 12.0. The molecule has 0 radical (unpaired) electrons. The second-order valence-electron chi connectivity index (χ2n) is 12.6. The fraction of sp³-hybridized carbons (Fsp3) is 0.946. The maximum Gasteiger partial charge on any atom is 0.306 e. The number of rotatable bonds is 35. The maximum atomic E-state index is 12.4. The summed E-state index contributed by atoms with van der Waals surface area (Å²) < 4.78 is 11.2. The Balaban J connectivity index is 3.81. The van der Waals surface area contributed by atoms with Crippen LogP contribution < -0.4 is 5.73 Å². The summed E-state index contributed by atoms with van der Waals surface area (Å²) in [6, 6.07) is 0. The Kier molecular flexibility index (Phi) is 35.1. The van der Waals surface area contributed by atoms with E-state index in [4.69, 9.17) is 15.2 Å². The van der Waals surface area contributed by atoms with E-state index in [-0.39, 0.29) is 24.6 Å². The smallest absolute Gasteiger partial charge is 0.306 e. The number of thioether (sulfide) groups is 1. The molecule has 0 unspecified atom stereocenters. The fourth-order valence-corrected chi connectivity index (χ4v) is 6.25. The summed E-state index contributed by atoms with van der Waals surface area (Å²) in [6.07, 6.45) is 33.9. The van der Waals surface area contributed by atoms with Crippen LogP contribution in [0, 0.1) is 0 Å². The van der Waals surface area contributed by atoms with Gasteiger partial charge in [0.05, 0.1) is 0 Å². The molecule has 0 saturated carbocycles. The Hall–Kier alpha value is -0.750. The molecule has 0 aliphatic heterocycles. The lowest BCUT2D eigenvalue weighted by Crippen LogP contribution is -2.28. The Bertz CT molecular complexity index is 589. The van der Waals surface area contributed by atoms with Gasteiger partial charge in [0.15, 0.2) is 0 Å². The van der Waals surface area contributed by atoms with Crippen molar-refractivity contribution in [2.24, 2.45) is 5.73 Å². The minimum absolute atomic E-state index is 0.152. The van der Waals surface area contributed by atoms with E-state index >= 15 is 0 Å². The van der Waals surface area contributed by atoms with E-state index < -0.39 is 0 Å². The van der Waals surface area contributed by atoms with Crippen LogP contribution in [0.3, 0.4) is 0 Å². The zero-order valence-corrected chi connectivity index (χ0v) is 29.6. The second kappa shape index (κ2) is 35.7. The molecule has 0 aromatic carbocycles. The molecule has 0 aliphatic carbocycles. The highest BCUT2D eigenvalue weighted by Gasteiger charge is 2.17. The topological polar surface area (TPSA) is 78.6 Å². The summed E-state index contributed by atoms with van der Waals surface area (Å²) in [4.78, 5) is 24.7. The number of carbonyl (C=O) groups is 2. The van der Waals surface area contributed by atoms with Crippen molar-refractivity contribution < 1.29 is 19.1 Å². The van der Waals surface area contributed by atoms with E-state index in [1.807, 2.05) is 0 Å². The lowest BCUT2D eigenvalue weighted by Gasteiger charge is -2.18. The summed E-state index contributed by atoms with van der Waals surface area (Å²) in [7, 11) is 0. The molecule has 2 N–H and O–H groups in total. The van der Waals surface area contributed by atoms with Crippen LogP contribution in [0.15, 0.2) is 0 Å². The highest BCUT2D eigenvalue weighted by molar-refractivity contribution is 7.99. The molecule has 1 atom stereocenters. The lowest BCUT2D eigenvalue weighted by molar-refractivity contribution is -0.157. The molecular formula is C37H73NO4S. The molecule has 0 saturated heterocycles. The first-order valence-electron chi connectivity index (χ1n) is 18.8. The van der Waals surface area contributed by atoms with Gasteiger partial charge in [0.1, 0.15) is 12.7 Å². The Morgan fingerprint density at radius 3 is 1.26 bits per heavy atom. The standard InChI is InChI=1S/C37H73NO4S/c1-3-5-7-9-11-13-15-17-19-21-23-25-27-29-36(39)41-33-35(34-43-32-31-38)42-37(40)30-28-26-24-22-20-18-16-14-12-10-8-6-4-2/h35H,3-34,38H2,1-2H3/t35-/m0/s1. The van der Waals surface area contributed by atoms with Crippen LogP contribution >= 0.6 is 11.8 Å². The van der Waals surface area contributed by atoms with Gasteiger partial charge in [0, 0.05) is 30.9 Å². The fourth-order valence-electron chi connectivity index (χ4n) is 5.49. The van der Waals surface area contributed by atoms with Crippen molar-refractivity contribution in [1.82, 2.24) is 0 Å². The number of hydrogen-bond acceptors (Lipinski definition) is 6. The van der Waals surface area contributed by atoms with Gasteiger partial charge in [-0.15, -0.1) is 0 Å². The lowest BCUT2D eigenvalue weighted by atomic mass is 10.0. The van der Waals surface area contributed by atoms with E-state index in [1.54, 1.807) is 11.8 Å². The Morgan fingerprint density at radius 2 is 0.884 bits per heavy atom. The van der Waals surface area contributed by atoms with Crippen LogP contribution in [-0.4, -0.2) is 42.7 Å². The number of carbonyl (C=O) groups excluding carboxylic acids is 2. The molecule has 0 aromatic rings. The molecule has 0 bridgehead atoms. The van der Waals surface area contributed by atoms with Crippen LogP contribution in [0.5, 0.6) is 0 Å². The van der Waals surface area contributed by atoms with Crippen LogP contribution in [0.1, 0.15) is 194 Å². The first kappa shape index (κ1) is 42.2. The zero-order chi connectivity index (χ0) is 31.5. The van der Waals surface area contributed by atoms with Crippen molar-refractivity contribution in [2.45, 2.75) is 200 Å². The van der Waals surface area contributed by atoms with Gasteiger partial charge >= 0.3 is 11.9 Å². The first-order valence-corrected chi connectivity index (χ1v) is 19.9. The summed E-state index contributed by atoms with van der Waals surface area (Å²) in [5.74, 6) is 1.08. The van der Waals surface area contributed by atoms with Gasteiger partial charge in [-0.1, -0.05) is 168 Å². The molecule has 5 nitrogen and oxygen atoms in total. The highest BCUT2D eigenvalue weighted by atomic mass is 32.2. The van der Waals surface area contributed by atoms with E-state index in [9.17, 15) is 9.59 Å². The monoisotopic (exact) mass is 628 g/mol. The highest BCUT2D eigenvalue weighted by Crippen LogP contribution is 2.15. The van der Waals surface area contributed by atoms with Gasteiger partial charge in [0.25, 0.3) is 0 Å². The number of hydrogen-bond donors (Lipinski definition) is 1. The quantitative estimate of drug-likeness (QED) is 0.0556. The van der Waals surface area contributed by atoms with Crippen LogP contribution in [0.25, 0.3) is 0 Å². The van der Waals surface area contributed by atoms with Crippen molar-refractivity contribution in [3.8, 4) is 0 Å². The Labute approximate surface area is 272 Å². The Morgan fingerprint density at radius 1 is 0.535 bits per heavy atom. The molecule has 43 heavy (non-hydrogen) atoms. The molecule has 6 heteroatoms. The van der Waals surface area contributed by atoms with Gasteiger partial charge < -0.3 is 15.2 Å². The van der Waals surface area contributed by atoms with E-state index in [0.29, 0.717) is 25.1 Å². The molecule has 256 valence electrons. The average Bonchev–Trinajstić information content (AvgIpc) is 3.00. The molecule has 0 spiro atoms. The predicted octanol–water partition coefficient (Wildman–Crippen LogP) is 11.1. The van der Waals surface area contributed by atoms with Crippen molar-refractivity contribution in [3.05, 3.63) is 0 Å². The van der Waals surface area contributed by atoms with Crippen LogP contribution in [0.4, 0.5) is 0 Å². The minimum Gasteiger partial charge on any atom is -0.462 e. The molecule has 0 amide bonds. The van der Waals surface area contributed by atoms with Crippen molar-refractivity contribution in [3.63, 3.8) is 0 Å². The van der Waals surface area contributed by atoms with Gasteiger partial charge in [-0.2, -0.15) is 11.8 Å². The number of unbranched alkanes of at least 4 members (excludes halogenated alkanes) is 24. The largest absolute Gasteiger partial charge is 0.462 e. The summed E-state index contributed by atoms with van der Waals surface area (Å²) in [5.41, 5.74) is 5.63. The van der Waals surface area contributed by atoms with E-state index in [2.05, 4.69) is 13.8 Å². The van der Waals surface area contributed by atoms with Gasteiger partial charge in [0.2, 0.25) is 0 Å².